The van der Waals surface area contributed by atoms with Crippen LogP contribution in [0.1, 0.15) is 48.0 Å². The maximum atomic E-state index is 13.0. The first-order valence-electron chi connectivity index (χ1n) is 11.3. The molecule has 0 saturated carbocycles. The van der Waals surface area contributed by atoms with E-state index in [0.29, 0.717) is 24.2 Å². The van der Waals surface area contributed by atoms with Crippen molar-refractivity contribution in [2.24, 2.45) is 0 Å². The predicted molar refractivity (Wildman–Crippen MR) is 121 cm³/mol. The Bertz CT molecular complexity index is 978. The van der Waals surface area contributed by atoms with Crippen LogP contribution in [0.25, 0.3) is 0 Å². The highest BCUT2D eigenvalue weighted by Gasteiger charge is 2.33. The molecule has 2 aromatic rings. The Morgan fingerprint density at radius 1 is 0.906 bits per heavy atom. The Balaban J connectivity index is 1.43. The number of nitrogens with zero attached hydrogens (tertiary/aromatic N) is 2. The van der Waals surface area contributed by atoms with E-state index in [1.165, 1.54) is 10.5 Å². The van der Waals surface area contributed by atoms with Gasteiger partial charge in [-0.1, -0.05) is 36.4 Å². The number of likely N-dealkylation sites (tertiary alicyclic amines) is 2. The maximum Gasteiger partial charge on any atom is 0.326 e. The van der Waals surface area contributed by atoms with Gasteiger partial charge in [-0.25, -0.2) is 4.79 Å². The molecule has 168 valence electrons. The van der Waals surface area contributed by atoms with Gasteiger partial charge in [-0.05, 0) is 62.4 Å². The monoisotopic (exact) mass is 435 g/mol. The zero-order chi connectivity index (χ0) is 22.5. The molecule has 2 aromatic carbocycles. The van der Waals surface area contributed by atoms with E-state index in [0.717, 1.165) is 38.8 Å². The molecule has 2 atom stereocenters. The van der Waals surface area contributed by atoms with Gasteiger partial charge in [0.1, 0.15) is 6.04 Å². The summed E-state index contributed by atoms with van der Waals surface area (Å²) < 4.78 is 0. The molecule has 7 heteroatoms. The van der Waals surface area contributed by atoms with Gasteiger partial charge in [0.25, 0.3) is 5.91 Å². The molecule has 2 N–H and O–H groups in total. The number of nitrogens with one attached hydrogen (secondary N) is 1. The summed E-state index contributed by atoms with van der Waals surface area (Å²) in [5.74, 6) is -1.36. The maximum absolute atomic E-state index is 13.0. The van der Waals surface area contributed by atoms with Gasteiger partial charge in [-0.2, -0.15) is 0 Å². The van der Waals surface area contributed by atoms with Crippen molar-refractivity contribution < 1.29 is 19.5 Å². The average molecular weight is 436 g/mol. The van der Waals surface area contributed by atoms with Gasteiger partial charge >= 0.3 is 5.97 Å². The molecule has 0 aromatic heterocycles. The first-order chi connectivity index (χ1) is 15.5. The molecule has 2 fully saturated rings. The number of aliphatic carboxylic acids is 1. The Morgan fingerprint density at radius 3 is 2.47 bits per heavy atom. The largest absolute Gasteiger partial charge is 0.480 e. The molecule has 0 radical (unpaired) electrons. The number of carbonyl (C=O) groups excluding carboxylic acids is 2. The molecular formula is C25H29N3O4. The van der Waals surface area contributed by atoms with Gasteiger partial charge in [0.15, 0.2) is 0 Å². The number of carboxylic acid groups (broad SMARTS) is 1. The molecule has 0 aliphatic carbocycles. The molecule has 2 amide bonds. The summed E-state index contributed by atoms with van der Waals surface area (Å²) in [4.78, 5) is 41.2. The summed E-state index contributed by atoms with van der Waals surface area (Å²) in [5.41, 5.74) is 2.12. The van der Waals surface area contributed by atoms with Crippen LogP contribution in [0.4, 0.5) is 5.69 Å². The van der Waals surface area contributed by atoms with E-state index < -0.39 is 12.0 Å². The molecule has 0 bridgehead atoms. The third-order valence-corrected chi connectivity index (χ3v) is 6.32. The van der Waals surface area contributed by atoms with Crippen molar-refractivity contribution in [2.75, 3.05) is 18.4 Å². The van der Waals surface area contributed by atoms with Crippen LogP contribution in [0.3, 0.4) is 0 Å². The zero-order valence-corrected chi connectivity index (χ0v) is 18.1. The zero-order valence-electron chi connectivity index (χ0n) is 18.1. The second-order valence-corrected chi connectivity index (χ2v) is 8.53. The molecule has 4 rings (SSSR count). The molecule has 2 saturated heterocycles. The lowest BCUT2D eigenvalue weighted by Crippen LogP contribution is -2.48. The highest BCUT2D eigenvalue weighted by molar-refractivity contribution is 5.99. The van der Waals surface area contributed by atoms with Crippen molar-refractivity contribution in [3.05, 3.63) is 65.7 Å². The fraction of sp³-hybridized carbons (Fsp3) is 0.400. The minimum absolute atomic E-state index is 0.0792. The molecule has 2 aliphatic heterocycles. The lowest BCUT2D eigenvalue weighted by atomic mass is 10.0. The summed E-state index contributed by atoms with van der Waals surface area (Å²) in [5, 5.41) is 12.4. The number of carboxylic acids is 1. The van der Waals surface area contributed by atoms with Crippen molar-refractivity contribution in [2.45, 2.75) is 50.7 Å². The van der Waals surface area contributed by atoms with Crippen molar-refractivity contribution in [1.29, 1.82) is 0 Å². The van der Waals surface area contributed by atoms with E-state index in [1.807, 2.05) is 18.2 Å². The van der Waals surface area contributed by atoms with Gasteiger partial charge < -0.3 is 15.3 Å². The molecule has 0 unspecified atom stereocenters. The van der Waals surface area contributed by atoms with Crippen LogP contribution in [0.2, 0.25) is 0 Å². The van der Waals surface area contributed by atoms with E-state index in [2.05, 4.69) is 22.3 Å². The van der Waals surface area contributed by atoms with Crippen molar-refractivity contribution >= 4 is 23.5 Å². The fourth-order valence-corrected chi connectivity index (χ4v) is 4.68. The third kappa shape index (κ3) is 4.99. The van der Waals surface area contributed by atoms with Crippen LogP contribution in [-0.2, 0) is 16.1 Å². The number of hydrogen-bond donors (Lipinski definition) is 2. The highest BCUT2D eigenvalue weighted by atomic mass is 16.4. The number of piperidine rings is 1. The summed E-state index contributed by atoms with van der Waals surface area (Å²) >= 11 is 0. The smallest absolute Gasteiger partial charge is 0.326 e. The highest BCUT2D eigenvalue weighted by Crippen LogP contribution is 2.24. The summed E-state index contributed by atoms with van der Waals surface area (Å²) in [7, 11) is 0. The molecule has 32 heavy (non-hydrogen) atoms. The number of anilines is 1. The Labute approximate surface area is 188 Å². The SMILES string of the molecule is O=C(O)[C@H]1CCCCN1C(=O)c1cccc(NC(=O)[C@@H]2CCCN2Cc2ccccc2)c1. The fourth-order valence-electron chi connectivity index (χ4n) is 4.68. The lowest BCUT2D eigenvalue weighted by molar-refractivity contribution is -0.143. The van der Waals surface area contributed by atoms with Gasteiger partial charge in [-0.15, -0.1) is 0 Å². The van der Waals surface area contributed by atoms with Crippen LogP contribution in [0.15, 0.2) is 54.6 Å². The first-order valence-corrected chi connectivity index (χ1v) is 11.3. The third-order valence-electron chi connectivity index (χ3n) is 6.32. The van der Waals surface area contributed by atoms with E-state index in [4.69, 9.17) is 0 Å². The van der Waals surface area contributed by atoms with Gasteiger partial charge in [0.2, 0.25) is 5.91 Å². The molecule has 2 aliphatic rings. The van der Waals surface area contributed by atoms with E-state index >= 15 is 0 Å². The van der Waals surface area contributed by atoms with E-state index in [-0.39, 0.29) is 17.9 Å². The lowest BCUT2D eigenvalue weighted by Gasteiger charge is -2.33. The van der Waals surface area contributed by atoms with Crippen LogP contribution in [0.5, 0.6) is 0 Å². The van der Waals surface area contributed by atoms with Crippen molar-refractivity contribution in [1.82, 2.24) is 9.80 Å². The molecule has 0 spiro atoms. The quantitative estimate of drug-likeness (QED) is 0.726. The van der Waals surface area contributed by atoms with Gasteiger partial charge in [0, 0.05) is 24.3 Å². The van der Waals surface area contributed by atoms with Crippen LogP contribution >= 0.6 is 0 Å². The van der Waals surface area contributed by atoms with E-state index in [1.54, 1.807) is 24.3 Å². The second kappa shape index (κ2) is 9.96. The second-order valence-electron chi connectivity index (χ2n) is 8.53. The number of rotatable bonds is 6. The summed E-state index contributed by atoms with van der Waals surface area (Å²) in [6, 6.07) is 15.9. The van der Waals surface area contributed by atoms with Crippen molar-refractivity contribution in [3.63, 3.8) is 0 Å². The number of benzene rings is 2. The Morgan fingerprint density at radius 2 is 1.69 bits per heavy atom. The molecule has 7 nitrogen and oxygen atoms in total. The normalized spacial score (nSPS) is 21.3. The molecular weight excluding hydrogens is 406 g/mol. The average Bonchev–Trinajstić information content (AvgIpc) is 3.27. The molecule has 2 heterocycles. The van der Waals surface area contributed by atoms with E-state index in [9.17, 15) is 19.5 Å². The number of hydrogen-bond acceptors (Lipinski definition) is 4. The van der Waals surface area contributed by atoms with Gasteiger partial charge in [-0.3, -0.25) is 14.5 Å². The van der Waals surface area contributed by atoms with Crippen LogP contribution < -0.4 is 5.32 Å². The predicted octanol–water partition coefficient (Wildman–Crippen LogP) is 3.37. The Kier molecular flexibility index (Phi) is 6.85. The Hall–Kier alpha value is -3.19. The minimum atomic E-state index is -0.970. The minimum Gasteiger partial charge on any atom is -0.480 e. The first kappa shape index (κ1) is 22.0. The number of amides is 2. The summed E-state index contributed by atoms with van der Waals surface area (Å²) in [6.45, 7) is 2.03. The summed E-state index contributed by atoms with van der Waals surface area (Å²) in [6.07, 6.45) is 3.83. The van der Waals surface area contributed by atoms with Crippen LogP contribution in [0, 0.1) is 0 Å². The van der Waals surface area contributed by atoms with Crippen molar-refractivity contribution in [3.8, 4) is 0 Å². The topological polar surface area (TPSA) is 90.0 Å². The van der Waals surface area contributed by atoms with Gasteiger partial charge in [0.05, 0.1) is 6.04 Å². The van der Waals surface area contributed by atoms with Crippen LogP contribution in [-0.4, -0.2) is 57.9 Å². The number of carbonyl (C=O) groups is 3. The standard InChI is InChI=1S/C25H29N3O4/c29-23(21-13-7-14-27(21)17-18-8-2-1-3-9-18)26-20-11-6-10-19(16-20)24(30)28-15-5-4-12-22(28)25(31)32/h1-3,6,8-11,16,21-22H,4-5,7,12-15,17H2,(H,26,29)(H,31,32)/t21-,22+/m0/s1.